The van der Waals surface area contributed by atoms with Gasteiger partial charge >= 0.3 is 0 Å². The van der Waals surface area contributed by atoms with Gasteiger partial charge in [-0.2, -0.15) is 0 Å². The number of aromatic hydroxyl groups is 1. The highest BCUT2D eigenvalue weighted by atomic mass is 32.2. The molecule has 0 saturated heterocycles. The second-order valence-corrected chi connectivity index (χ2v) is 7.79. The van der Waals surface area contributed by atoms with Crippen LogP contribution in [0.1, 0.15) is 36.2 Å². The lowest BCUT2D eigenvalue weighted by Crippen LogP contribution is -2.20. The molecule has 2 rings (SSSR count). The Hall–Kier alpha value is -1.54. The molecular formula is C18H21NO4S2. The van der Waals surface area contributed by atoms with Gasteiger partial charge in [0.15, 0.2) is 5.12 Å². The zero-order valence-corrected chi connectivity index (χ0v) is 16.0. The van der Waals surface area contributed by atoms with Crippen molar-refractivity contribution in [1.29, 1.82) is 0 Å². The van der Waals surface area contributed by atoms with E-state index in [1.54, 1.807) is 20.0 Å². The summed E-state index contributed by atoms with van der Waals surface area (Å²) in [5.41, 5.74) is 2.20. The third kappa shape index (κ3) is 4.76. The number of pyridine rings is 1. The van der Waals surface area contributed by atoms with Gasteiger partial charge in [-0.05, 0) is 19.9 Å². The van der Waals surface area contributed by atoms with Gasteiger partial charge in [-0.1, -0.05) is 30.0 Å². The standard InChI is InChI=1S/C18H21NO4S2/c1-11-17(22)14(9-20)13(8-19-11)10-23-18(3,24)15-6-4-5-7-16(15)25-12(2)21/h4-8,20,22,24H,9-10H2,1-3H3. The zero-order valence-electron chi connectivity index (χ0n) is 14.3. The minimum absolute atomic E-state index is 0.0215. The first-order valence-electron chi connectivity index (χ1n) is 7.67. The van der Waals surface area contributed by atoms with Crippen molar-refractivity contribution >= 4 is 29.5 Å². The molecule has 0 saturated carbocycles. The number of rotatable bonds is 6. The van der Waals surface area contributed by atoms with Crippen LogP contribution in [0.3, 0.4) is 0 Å². The number of aliphatic hydroxyl groups is 1. The third-order valence-electron chi connectivity index (χ3n) is 3.74. The Kier molecular flexibility index (Phi) is 6.51. The van der Waals surface area contributed by atoms with Crippen LogP contribution >= 0.6 is 24.4 Å². The molecule has 0 radical (unpaired) electrons. The summed E-state index contributed by atoms with van der Waals surface area (Å²) in [4.78, 5) is 15.4. The minimum Gasteiger partial charge on any atom is -0.506 e. The lowest BCUT2D eigenvalue weighted by molar-refractivity contribution is -0.109. The molecule has 2 N–H and O–H groups in total. The van der Waals surface area contributed by atoms with E-state index < -0.39 is 4.93 Å². The second-order valence-electron chi connectivity index (χ2n) is 5.72. The molecule has 0 aliphatic carbocycles. The van der Waals surface area contributed by atoms with Crippen LogP contribution in [0.15, 0.2) is 35.4 Å². The van der Waals surface area contributed by atoms with Crippen LogP contribution in [0.2, 0.25) is 0 Å². The number of benzene rings is 1. The molecule has 1 aromatic heterocycles. The number of hydrogen-bond donors (Lipinski definition) is 3. The predicted octanol–water partition coefficient (Wildman–Crippen LogP) is 3.55. The number of hydrogen-bond acceptors (Lipinski definition) is 7. The van der Waals surface area contributed by atoms with Gasteiger partial charge in [0.1, 0.15) is 10.7 Å². The molecule has 5 nitrogen and oxygen atoms in total. The van der Waals surface area contributed by atoms with Crippen molar-refractivity contribution < 1.29 is 19.7 Å². The second kappa shape index (κ2) is 8.23. The zero-order chi connectivity index (χ0) is 18.6. The van der Waals surface area contributed by atoms with Crippen LogP contribution in [0.4, 0.5) is 0 Å². The maximum atomic E-state index is 11.5. The molecule has 0 aliphatic heterocycles. The maximum Gasteiger partial charge on any atom is 0.190 e. The summed E-state index contributed by atoms with van der Waals surface area (Å²) < 4.78 is 5.94. The van der Waals surface area contributed by atoms with Crippen molar-refractivity contribution in [2.24, 2.45) is 0 Å². The molecule has 0 fully saturated rings. The number of aryl methyl sites for hydroxylation is 1. The number of thiol groups is 1. The minimum atomic E-state index is -0.966. The number of carbonyl (C=O) groups is 1. The molecule has 2 aromatic rings. The molecule has 134 valence electrons. The van der Waals surface area contributed by atoms with Crippen molar-refractivity contribution in [3.05, 3.63) is 52.8 Å². The lowest BCUT2D eigenvalue weighted by atomic mass is 10.1. The van der Waals surface area contributed by atoms with Crippen LogP contribution in [0, 0.1) is 6.92 Å². The maximum absolute atomic E-state index is 11.5. The fraction of sp³-hybridized carbons (Fsp3) is 0.333. The first-order valence-corrected chi connectivity index (χ1v) is 8.94. The smallest absolute Gasteiger partial charge is 0.190 e. The van der Waals surface area contributed by atoms with Gasteiger partial charge in [-0.15, -0.1) is 12.6 Å². The highest BCUT2D eigenvalue weighted by Gasteiger charge is 2.27. The van der Waals surface area contributed by atoms with Gasteiger partial charge in [-0.3, -0.25) is 9.78 Å². The first kappa shape index (κ1) is 19.8. The van der Waals surface area contributed by atoms with E-state index in [-0.39, 0.29) is 24.1 Å². The summed E-state index contributed by atoms with van der Waals surface area (Å²) in [6, 6.07) is 7.41. The molecule has 0 bridgehead atoms. The van der Waals surface area contributed by atoms with Gasteiger partial charge in [-0.25, -0.2) is 0 Å². The number of carbonyl (C=O) groups excluding carboxylic acids is 1. The van der Waals surface area contributed by atoms with E-state index in [9.17, 15) is 15.0 Å². The Balaban J connectivity index is 2.26. The normalized spacial score (nSPS) is 13.5. The fourth-order valence-corrected chi connectivity index (χ4v) is 3.54. The van der Waals surface area contributed by atoms with Crippen LogP contribution in [-0.4, -0.2) is 20.3 Å². The van der Waals surface area contributed by atoms with Crippen molar-refractivity contribution in [1.82, 2.24) is 4.98 Å². The molecule has 0 amide bonds. The Labute approximate surface area is 156 Å². The highest BCUT2D eigenvalue weighted by molar-refractivity contribution is 8.13. The molecule has 1 unspecified atom stereocenters. The van der Waals surface area contributed by atoms with Crippen LogP contribution < -0.4 is 0 Å². The molecule has 0 aliphatic rings. The molecule has 0 spiro atoms. The average Bonchev–Trinajstić information content (AvgIpc) is 2.56. The van der Waals surface area contributed by atoms with Gasteiger partial charge in [0.25, 0.3) is 0 Å². The molecule has 1 aromatic carbocycles. The Bertz CT molecular complexity index is 778. The first-order chi connectivity index (χ1) is 11.8. The summed E-state index contributed by atoms with van der Waals surface area (Å²) in [6.45, 7) is 4.75. The van der Waals surface area contributed by atoms with Crippen LogP contribution in [0.25, 0.3) is 0 Å². The number of thioether (sulfide) groups is 1. The largest absolute Gasteiger partial charge is 0.506 e. The van der Waals surface area contributed by atoms with E-state index in [2.05, 4.69) is 17.6 Å². The lowest BCUT2D eigenvalue weighted by Gasteiger charge is -2.27. The number of nitrogens with zero attached hydrogens (tertiary/aromatic N) is 1. The van der Waals surface area contributed by atoms with Gasteiger partial charge < -0.3 is 14.9 Å². The topological polar surface area (TPSA) is 79.7 Å². The third-order valence-corrected chi connectivity index (χ3v) is 4.97. The van der Waals surface area contributed by atoms with E-state index in [0.717, 1.165) is 22.2 Å². The Morgan fingerprint density at radius 2 is 2.08 bits per heavy atom. The molecule has 1 heterocycles. The van der Waals surface area contributed by atoms with Crippen LogP contribution in [0.5, 0.6) is 5.75 Å². The molecular weight excluding hydrogens is 358 g/mol. The van der Waals surface area contributed by atoms with Gasteiger partial charge in [0.2, 0.25) is 0 Å². The van der Waals surface area contributed by atoms with Crippen molar-refractivity contribution in [2.75, 3.05) is 0 Å². The van der Waals surface area contributed by atoms with E-state index in [4.69, 9.17) is 4.74 Å². The summed E-state index contributed by atoms with van der Waals surface area (Å²) in [7, 11) is 0. The quantitative estimate of drug-likeness (QED) is 0.405. The van der Waals surface area contributed by atoms with Gasteiger partial charge in [0, 0.05) is 34.7 Å². The molecule has 7 heteroatoms. The Morgan fingerprint density at radius 1 is 1.40 bits per heavy atom. The summed E-state index contributed by atoms with van der Waals surface area (Å²) in [6.07, 6.45) is 1.57. The highest BCUT2D eigenvalue weighted by Crippen LogP contribution is 2.38. The van der Waals surface area contributed by atoms with E-state index >= 15 is 0 Å². The monoisotopic (exact) mass is 379 g/mol. The fourth-order valence-electron chi connectivity index (χ4n) is 2.37. The predicted molar refractivity (Wildman–Crippen MR) is 101 cm³/mol. The average molecular weight is 380 g/mol. The number of aliphatic hydroxyl groups excluding tert-OH is 1. The molecule has 25 heavy (non-hydrogen) atoms. The Morgan fingerprint density at radius 3 is 2.72 bits per heavy atom. The van der Waals surface area contributed by atoms with E-state index in [1.807, 2.05) is 24.3 Å². The summed E-state index contributed by atoms with van der Waals surface area (Å²) >= 11 is 5.74. The van der Waals surface area contributed by atoms with E-state index in [1.165, 1.54) is 6.92 Å². The van der Waals surface area contributed by atoms with Crippen molar-refractivity contribution in [3.63, 3.8) is 0 Å². The van der Waals surface area contributed by atoms with Gasteiger partial charge in [0.05, 0.1) is 18.9 Å². The number of aromatic nitrogens is 1. The van der Waals surface area contributed by atoms with Crippen molar-refractivity contribution in [3.8, 4) is 5.75 Å². The summed E-state index contributed by atoms with van der Waals surface area (Å²) in [5.74, 6) is -0.0306. The van der Waals surface area contributed by atoms with E-state index in [0.29, 0.717) is 16.8 Å². The number of ether oxygens (including phenoxy) is 1. The van der Waals surface area contributed by atoms with Crippen LogP contribution in [-0.2, 0) is 27.7 Å². The van der Waals surface area contributed by atoms with Crippen molar-refractivity contribution in [2.45, 2.75) is 43.8 Å². The molecule has 1 atom stereocenters. The summed E-state index contributed by atoms with van der Waals surface area (Å²) in [5, 5.41) is 19.5. The SMILES string of the molecule is CC(=O)Sc1ccccc1C(C)(S)OCc1cnc(C)c(O)c1CO.